The minimum Gasteiger partial charge on any atom is -0.496 e. The molecule has 0 saturated heterocycles. The van der Waals surface area contributed by atoms with Crippen molar-refractivity contribution in [2.45, 2.75) is 13.5 Å². The molecule has 8 heteroatoms. The maximum atomic E-state index is 12.8. The summed E-state index contributed by atoms with van der Waals surface area (Å²) in [7, 11) is 4.78. The molecule has 0 aliphatic heterocycles. The number of nitrogens with zero attached hydrogens (tertiary/aromatic N) is 2. The molecule has 28 heavy (non-hydrogen) atoms. The molecule has 0 bridgehead atoms. The van der Waals surface area contributed by atoms with Crippen LogP contribution in [0.15, 0.2) is 36.4 Å². The first-order valence-electron chi connectivity index (χ1n) is 8.77. The first-order valence-corrected chi connectivity index (χ1v) is 8.77. The summed E-state index contributed by atoms with van der Waals surface area (Å²) < 4.78 is 10.3. The van der Waals surface area contributed by atoms with Crippen molar-refractivity contribution in [2.24, 2.45) is 0 Å². The molecular formula is C20H25N3O5. The number of carbonyl (C=O) groups is 1. The number of benzene rings is 2. The Kier molecular flexibility index (Phi) is 7.34. The van der Waals surface area contributed by atoms with Crippen LogP contribution >= 0.6 is 0 Å². The number of nitrogens with one attached hydrogen (secondary N) is 1. The largest absolute Gasteiger partial charge is 0.496 e. The van der Waals surface area contributed by atoms with E-state index in [4.69, 9.17) is 9.47 Å². The number of nitro groups is 1. The zero-order valence-electron chi connectivity index (χ0n) is 16.5. The fourth-order valence-corrected chi connectivity index (χ4v) is 2.83. The smallest absolute Gasteiger partial charge is 0.293 e. The van der Waals surface area contributed by atoms with Crippen molar-refractivity contribution < 1.29 is 19.2 Å². The van der Waals surface area contributed by atoms with Gasteiger partial charge in [0.15, 0.2) is 0 Å². The number of ether oxygens (including phenoxy) is 2. The zero-order chi connectivity index (χ0) is 20.7. The normalized spacial score (nSPS) is 10.4. The van der Waals surface area contributed by atoms with E-state index in [0.717, 1.165) is 11.1 Å². The summed E-state index contributed by atoms with van der Waals surface area (Å²) in [5.41, 5.74) is 2.37. The molecule has 2 rings (SSSR count). The molecule has 2 aromatic carbocycles. The van der Waals surface area contributed by atoms with E-state index < -0.39 is 4.92 Å². The highest BCUT2D eigenvalue weighted by Gasteiger charge is 2.20. The molecule has 1 N–H and O–H groups in total. The molecule has 0 unspecified atom stereocenters. The van der Waals surface area contributed by atoms with Crippen LogP contribution in [0.3, 0.4) is 0 Å². The third kappa shape index (κ3) is 5.20. The van der Waals surface area contributed by atoms with Crippen molar-refractivity contribution in [2.75, 3.05) is 39.7 Å². The third-order valence-corrected chi connectivity index (χ3v) is 4.25. The summed E-state index contributed by atoms with van der Waals surface area (Å²) in [5, 5.41) is 14.3. The predicted molar refractivity (Wildman–Crippen MR) is 107 cm³/mol. The summed E-state index contributed by atoms with van der Waals surface area (Å²) >= 11 is 0. The van der Waals surface area contributed by atoms with Gasteiger partial charge in [-0.1, -0.05) is 17.7 Å². The number of aryl methyl sites for hydroxylation is 1. The second kappa shape index (κ2) is 9.70. The number of hydrogen-bond donors (Lipinski definition) is 1. The van der Waals surface area contributed by atoms with Crippen LogP contribution in [0.5, 0.6) is 5.75 Å². The number of nitro benzene ring substituents is 1. The molecule has 0 saturated carbocycles. The second-order valence-electron chi connectivity index (χ2n) is 6.39. The second-order valence-corrected chi connectivity index (χ2v) is 6.39. The molecule has 2 aromatic rings. The molecule has 0 radical (unpaired) electrons. The Morgan fingerprint density at radius 3 is 2.61 bits per heavy atom. The van der Waals surface area contributed by atoms with Crippen LogP contribution in [0, 0.1) is 17.0 Å². The van der Waals surface area contributed by atoms with E-state index in [0.29, 0.717) is 31.1 Å². The summed E-state index contributed by atoms with van der Waals surface area (Å²) in [6, 6.07) is 10.2. The Bertz CT molecular complexity index is 854. The number of carbonyl (C=O) groups excluding carboxylic acids is 1. The van der Waals surface area contributed by atoms with Gasteiger partial charge in [0.25, 0.3) is 11.6 Å². The summed E-state index contributed by atoms with van der Waals surface area (Å²) in [4.78, 5) is 25.2. The fraction of sp³-hybridized carbons (Fsp3) is 0.350. The molecule has 0 spiro atoms. The van der Waals surface area contributed by atoms with Gasteiger partial charge in [0, 0.05) is 44.4 Å². The van der Waals surface area contributed by atoms with E-state index in [1.807, 2.05) is 25.1 Å². The van der Waals surface area contributed by atoms with Gasteiger partial charge in [-0.3, -0.25) is 14.9 Å². The van der Waals surface area contributed by atoms with Gasteiger partial charge in [0.05, 0.1) is 18.6 Å². The fourth-order valence-electron chi connectivity index (χ4n) is 2.83. The highest BCUT2D eigenvalue weighted by molar-refractivity contribution is 5.95. The minimum absolute atomic E-state index is 0.150. The maximum absolute atomic E-state index is 12.8. The number of anilines is 1. The Balaban J connectivity index is 2.22. The maximum Gasteiger partial charge on any atom is 0.293 e. The zero-order valence-corrected chi connectivity index (χ0v) is 16.5. The predicted octanol–water partition coefficient (Wildman–Crippen LogP) is 3.24. The van der Waals surface area contributed by atoms with Crippen LogP contribution in [0.2, 0.25) is 0 Å². The number of rotatable bonds is 9. The van der Waals surface area contributed by atoms with E-state index in [9.17, 15) is 14.9 Å². The van der Waals surface area contributed by atoms with Crippen molar-refractivity contribution in [3.63, 3.8) is 0 Å². The lowest BCUT2D eigenvalue weighted by molar-refractivity contribution is -0.384. The molecule has 0 fully saturated rings. The van der Waals surface area contributed by atoms with Crippen LogP contribution < -0.4 is 10.1 Å². The van der Waals surface area contributed by atoms with Crippen LogP contribution in [0.1, 0.15) is 21.5 Å². The highest BCUT2D eigenvalue weighted by atomic mass is 16.6. The van der Waals surface area contributed by atoms with E-state index in [-0.39, 0.29) is 17.2 Å². The van der Waals surface area contributed by atoms with E-state index in [2.05, 4.69) is 5.32 Å². The van der Waals surface area contributed by atoms with Gasteiger partial charge in [-0.25, -0.2) is 0 Å². The van der Waals surface area contributed by atoms with Crippen LogP contribution in [-0.2, 0) is 11.3 Å². The highest BCUT2D eigenvalue weighted by Crippen LogP contribution is 2.27. The standard InChI is InChI=1S/C20H25N3O5/c1-14-5-8-19(28-4)16(11-14)13-22(2)20(24)15-6-7-17(21-9-10-27-3)18(12-15)23(25)26/h5-8,11-12,21H,9-10,13H2,1-4H3. The molecule has 0 aromatic heterocycles. The van der Waals surface area contributed by atoms with Gasteiger partial charge in [-0.15, -0.1) is 0 Å². The number of amides is 1. The molecule has 8 nitrogen and oxygen atoms in total. The molecule has 0 atom stereocenters. The van der Waals surface area contributed by atoms with Crippen molar-refractivity contribution in [3.05, 3.63) is 63.2 Å². The lowest BCUT2D eigenvalue weighted by Gasteiger charge is -2.19. The van der Waals surface area contributed by atoms with Crippen molar-refractivity contribution in [3.8, 4) is 5.75 Å². The molecule has 0 aliphatic carbocycles. The summed E-state index contributed by atoms with van der Waals surface area (Å²) in [6.45, 7) is 3.13. The Morgan fingerprint density at radius 1 is 1.21 bits per heavy atom. The first kappa shape index (κ1) is 21.2. The van der Waals surface area contributed by atoms with Gasteiger partial charge in [-0.05, 0) is 25.1 Å². The van der Waals surface area contributed by atoms with Crippen molar-refractivity contribution in [1.29, 1.82) is 0 Å². The topological polar surface area (TPSA) is 93.9 Å². The average Bonchev–Trinajstić information content (AvgIpc) is 2.67. The van der Waals surface area contributed by atoms with Gasteiger partial charge in [-0.2, -0.15) is 0 Å². The van der Waals surface area contributed by atoms with Gasteiger partial charge < -0.3 is 19.7 Å². The van der Waals surface area contributed by atoms with E-state index in [1.165, 1.54) is 11.0 Å². The lowest BCUT2D eigenvalue weighted by Crippen LogP contribution is -2.26. The molecule has 1 amide bonds. The van der Waals surface area contributed by atoms with Crippen LogP contribution in [-0.4, -0.2) is 50.1 Å². The van der Waals surface area contributed by atoms with E-state index in [1.54, 1.807) is 33.4 Å². The molecule has 0 heterocycles. The minimum atomic E-state index is -0.504. The average molecular weight is 387 g/mol. The number of methoxy groups -OCH3 is 2. The van der Waals surface area contributed by atoms with Gasteiger partial charge >= 0.3 is 0 Å². The molecular weight excluding hydrogens is 362 g/mol. The lowest BCUT2D eigenvalue weighted by atomic mass is 10.1. The monoisotopic (exact) mass is 387 g/mol. The number of hydrogen-bond acceptors (Lipinski definition) is 6. The SMILES string of the molecule is COCCNc1ccc(C(=O)N(C)Cc2cc(C)ccc2OC)cc1[N+](=O)[O-]. The van der Waals surface area contributed by atoms with E-state index >= 15 is 0 Å². The summed E-state index contributed by atoms with van der Waals surface area (Å²) in [6.07, 6.45) is 0. The van der Waals surface area contributed by atoms with Crippen LogP contribution in [0.25, 0.3) is 0 Å². The Labute approximate surface area is 164 Å². The van der Waals surface area contributed by atoms with Crippen LogP contribution in [0.4, 0.5) is 11.4 Å². The third-order valence-electron chi connectivity index (χ3n) is 4.25. The van der Waals surface area contributed by atoms with Gasteiger partial charge in [0.2, 0.25) is 0 Å². The molecule has 0 aliphatic rings. The first-order chi connectivity index (χ1) is 13.4. The molecule has 150 valence electrons. The Morgan fingerprint density at radius 2 is 1.96 bits per heavy atom. The van der Waals surface area contributed by atoms with Gasteiger partial charge in [0.1, 0.15) is 11.4 Å². The van der Waals surface area contributed by atoms with Crippen molar-refractivity contribution in [1.82, 2.24) is 4.90 Å². The summed E-state index contributed by atoms with van der Waals surface area (Å²) in [5.74, 6) is 0.379. The Hall–Kier alpha value is -3.13. The quantitative estimate of drug-likeness (QED) is 0.403. The van der Waals surface area contributed by atoms with Crippen molar-refractivity contribution >= 4 is 17.3 Å².